The molecule has 1 saturated heterocycles. The molecule has 1 atom stereocenters. The molecule has 0 radical (unpaired) electrons. The fourth-order valence-electron chi connectivity index (χ4n) is 4.59. The third kappa shape index (κ3) is 3.25. The summed E-state index contributed by atoms with van der Waals surface area (Å²) in [5.74, 6) is 1.41. The van der Waals surface area contributed by atoms with E-state index in [9.17, 15) is 4.39 Å². The lowest BCUT2D eigenvalue weighted by molar-refractivity contribution is 0.122. The molecule has 2 aliphatic rings. The van der Waals surface area contributed by atoms with E-state index in [1.54, 1.807) is 18.7 Å². The van der Waals surface area contributed by atoms with Gasteiger partial charge in [0.2, 0.25) is 0 Å². The van der Waals surface area contributed by atoms with Crippen molar-refractivity contribution in [1.82, 2.24) is 24.9 Å². The lowest BCUT2D eigenvalue weighted by Crippen LogP contribution is -2.39. The van der Waals surface area contributed by atoms with E-state index in [2.05, 4.69) is 48.0 Å². The van der Waals surface area contributed by atoms with Crippen LogP contribution < -0.4 is 9.80 Å². The molecule has 0 spiro atoms. The van der Waals surface area contributed by atoms with E-state index in [4.69, 9.17) is 9.72 Å². The Bertz CT molecular complexity index is 1310. The first-order chi connectivity index (χ1) is 15.8. The third-order valence-corrected chi connectivity index (χ3v) is 6.14. The number of aromatic nitrogens is 5. The van der Waals surface area contributed by atoms with E-state index < -0.39 is 0 Å². The van der Waals surface area contributed by atoms with Crippen molar-refractivity contribution in [2.45, 2.75) is 12.5 Å². The Morgan fingerprint density at radius 1 is 1.03 bits per heavy atom. The van der Waals surface area contributed by atoms with Crippen LogP contribution in [0.5, 0.6) is 0 Å². The molecule has 1 fully saturated rings. The number of hydrogen-bond acceptors (Lipinski definition) is 7. The van der Waals surface area contributed by atoms with E-state index in [1.165, 1.54) is 12.1 Å². The largest absolute Gasteiger partial charge is 0.378 e. The first-order valence-electron chi connectivity index (χ1n) is 10.8. The SMILES string of the molecule is Fc1ccc2cc(C3CC=CCN3c3ncnc4nc[nH]c34)c(N3CCOCC3)nc2c1. The van der Waals surface area contributed by atoms with Gasteiger partial charge in [-0.25, -0.2) is 24.3 Å². The van der Waals surface area contributed by atoms with Gasteiger partial charge in [-0.2, -0.15) is 0 Å². The molecule has 0 aliphatic carbocycles. The molecule has 1 unspecified atom stereocenters. The molecule has 162 valence electrons. The second-order valence-corrected chi connectivity index (χ2v) is 8.01. The summed E-state index contributed by atoms with van der Waals surface area (Å²) in [4.78, 5) is 25.8. The monoisotopic (exact) mass is 431 g/mol. The molecule has 5 heterocycles. The van der Waals surface area contributed by atoms with Crippen LogP contribution >= 0.6 is 0 Å². The summed E-state index contributed by atoms with van der Waals surface area (Å²) in [7, 11) is 0. The first-order valence-corrected chi connectivity index (χ1v) is 10.8. The van der Waals surface area contributed by atoms with Gasteiger partial charge in [-0.1, -0.05) is 12.2 Å². The first kappa shape index (κ1) is 19.1. The number of fused-ring (bicyclic) bond motifs is 2. The van der Waals surface area contributed by atoms with Gasteiger partial charge in [0.15, 0.2) is 11.5 Å². The summed E-state index contributed by atoms with van der Waals surface area (Å²) < 4.78 is 19.5. The molecule has 4 aromatic rings. The second-order valence-electron chi connectivity index (χ2n) is 8.01. The zero-order chi connectivity index (χ0) is 21.5. The van der Waals surface area contributed by atoms with Crippen LogP contribution in [0.15, 0.2) is 49.1 Å². The van der Waals surface area contributed by atoms with Gasteiger partial charge in [0.1, 0.15) is 23.5 Å². The van der Waals surface area contributed by atoms with Gasteiger partial charge >= 0.3 is 0 Å². The fraction of sp³-hybridized carbons (Fsp3) is 0.304. The molecule has 0 bridgehead atoms. The summed E-state index contributed by atoms with van der Waals surface area (Å²) in [6.45, 7) is 3.51. The number of anilines is 2. The van der Waals surface area contributed by atoms with E-state index in [1.807, 2.05) is 0 Å². The predicted octanol–water partition coefficient (Wildman–Crippen LogP) is 3.38. The van der Waals surface area contributed by atoms with Crippen molar-refractivity contribution in [3.05, 3.63) is 60.5 Å². The van der Waals surface area contributed by atoms with Crippen LogP contribution in [0.25, 0.3) is 22.1 Å². The minimum atomic E-state index is -0.282. The van der Waals surface area contributed by atoms with Crippen LogP contribution in [0.3, 0.4) is 0 Å². The minimum Gasteiger partial charge on any atom is -0.378 e. The Labute approximate surface area is 183 Å². The van der Waals surface area contributed by atoms with Gasteiger partial charge in [0, 0.05) is 36.7 Å². The number of rotatable bonds is 3. The third-order valence-electron chi connectivity index (χ3n) is 6.14. The molecule has 6 rings (SSSR count). The number of morpholine rings is 1. The number of benzene rings is 1. The average molecular weight is 431 g/mol. The lowest BCUT2D eigenvalue weighted by atomic mass is 9.97. The molecule has 0 amide bonds. The van der Waals surface area contributed by atoms with Crippen LogP contribution in [-0.4, -0.2) is 57.8 Å². The molecular formula is C23H22FN7O. The van der Waals surface area contributed by atoms with Crippen molar-refractivity contribution in [3.63, 3.8) is 0 Å². The van der Waals surface area contributed by atoms with E-state index in [0.29, 0.717) is 30.9 Å². The zero-order valence-electron chi connectivity index (χ0n) is 17.4. The van der Waals surface area contributed by atoms with Gasteiger partial charge < -0.3 is 19.5 Å². The lowest BCUT2D eigenvalue weighted by Gasteiger charge is -2.37. The highest BCUT2D eigenvalue weighted by molar-refractivity contribution is 5.85. The molecule has 3 aromatic heterocycles. The Balaban J connectivity index is 1.52. The van der Waals surface area contributed by atoms with E-state index in [0.717, 1.165) is 47.6 Å². The number of halogens is 1. The molecule has 8 nitrogen and oxygen atoms in total. The molecule has 1 aromatic carbocycles. The number of nitrogens with zero attached hydrogens (tertiary/aromatic N) is 6. The maximum absolute atomic E-state index is 14.0. The number of imidazole rings is 1. The second kappa shape index (κ2) is 7.83. The highest BCUT2D eigenvalue weighted by atomic mass is 19.1. The molecule has 0 saturated carbocycles. The standard InChI is InChI=1S/C23H22FN7O/c24-16-5-4-15-11-17(22(29-18(15)12-16)30-7-9-32-10-8-30)19-3-1-2-6-31(19)23-20-21(26-13-25-20)27-14-28-23/h1-2,4-5,11-14,19H,3,6-10H2,(H,25,26,27,28). The Morgan fingerprint density at radius 2 is 1.94 bits per heavy atom. The van der Waals surface area contributed by atoms with Gasteiger partial charge in [0.05, 0.1) is 31.1 Å². The summed E-state index contributed by atoms with van der Waals surface area (Å²) in [5.41, 5.74) is 3.22. The molecule has 9 heteroatoms. The van der Waals surface area contributed by atoms with Crippen molar-refractivity contribution in [3.8, 4) is 0 Å². The summed E-state index contributed by atoms with van der Waals surface area (Å²) in [6.07, 6.45) is 8.36. The number of ether oxygens (including phenoxy) is 1. The number of H-pyrrole nitrogens is 1. The van der Waals surface area contributed by atoms with Crippen LogP contribution in [0.2, 0.25) is 0 Å². The highest BCUT2D eigenvalue weighted by Crippen LogP contribution is 2.39. The highest BCUT2D eigenvalue weighted by Gasteiger charge is 2.30. The maximum atomic E-state index is 14.0. The Hall–Kier alpha value is -3.59. The van der Waals surface area contributed by atoms with Crippen molar-refractivity contribution < 1.29 is 9.13 Å². The average Bonchev–Trinajstić information content (AvgIpc) is 3.33. The molecule has 32 heavy (non-hydrogen) atoms. The van der Waals surface area contributed by atoms with E-state index in [-0.39, 0.29) is 11.9 Å². The minimum absolute atomic E-state index is 0.0150. The molecular weight excluding hydrogens is 409 g/mol. The topological polar surface area (TPSA) is 83.1 Å². The van der Waals surface area contributed by atoms with Gasteiger partial charge in [-0.15, -0.1) is 0 Å². The van der Waals surface area contributed by atoms with Crippen molar-refractivity contribution >= 4 is 33.7 Å². The van der Waals surface area contributed by atoms with Crippen LogP contribution in [0, 0.1) is 5.82 Å². The van der Waals surface area contributed by atoms with Gasteiger partial charge in [-0.05, 0) is 24.6 Å². The quantitative estimate of drug-likeness (QED) is 0.498. The number of nitrogens with one attached hydrogen (secondary N) is 1. The number of aromatic amines is 1. The van der Waals surface area contributed by atoms with E-state index >= 15 is 0 Å². The zero-order valence-corrected chi connectivity index (χ0v) is 17.4. The molecule has 2 aliphatic heterocycles. The van der Waals surface area contributed by atoms with Gasteiger partial charge in [-0.3, -0.25) is 0 Å². The summed E-state index contributed by atoms with van der Waals surface area (Å²) in [6, 6.07) is 6.94. The van der Waals surface area contributed by atoms with Crippen LogP contribution in [0.1, 0.15) is 18.0 Å². The van der Waals surface area contributed by atoms with Crippen molar-refractivity contribution in [1.29, 1.82) is 0 Å². The Morgan fingerprint density at radius 3 is 2.84 bits per heavy atom. The number of pyridine rings is 1. The fourth-order valence-corrected chi connectivity index (χ4v) is 4.59. The number of hydrogen-bond donors (Lipinski definition) is 1. The normalized spacial score (nSPS) is 19.2. The summed E-state index contributed by atoms with van der Waals surface area (Å²) >= 11 is 0. The van der Waals surface area contributed by atoms with Crippen molar-refractivity contribution in [2.75, 3.05) is 42.6 Å². The van der Waals surface area contributed by atoms with Gasteiger partial charge in [0.25, 0.3) is 0 Å². The predicted molar refractivity (Wildman–Crippen MR) is 120 cm³/mol. The van der Waals surface area contributed by atoms with Crippen LogP contribution in [-0.2, 0) is 4.74 Å². The maximum Gasteiger partial charge on any atom is 0.182 e. The van der Waals surface area contributed by atoms with Crippen molar-refractivity contribution in [2.24, 2.45) is 0 Å². The Kier molecular flexibility index (Phi) is 4.68. The smallest absolute Gasteiger partial charge is 0.182 e. The summed E-state index contributed by atoms with van der Waals surface area (Å²) in [5, 5.41) is 0.919. The van der Waals surface area contributed by atoms with Crippen LogP contribution in [0.4, 0.5) is 16.0 Å². The molecule has 1 N–H and O–H groups in total.